The Hall–Kier alpha value is -2.20. The average Bonchev–Trinajstić information content (AvgIpc) is 2.50. The van der Waals surface area contributed by atoms with Crippen molar-refractivity contribution >= 4 is 23.2 Å². The van der Waals surface area contributed by atoms with Gasteiger partial charge in [-0.2, -0.15) is 0 Å². The minimum absolute atomic E-state index is 0.172. The van der Waals surface area contributed by atoms with Gasteiger partial charge in [0, 0.05) is 0 Å². The molecule has 5 heteroatoms. The lowest BCUT2D eigenvalue weighted by atomic mass is 10.1. The van der Waals surface area contributed by atoms with Crippen molar-refractivity contribution in [2.75, 3.05) is 11.9 Å². The van der Waals surface area contributed by atoms with Crippen LogP contribution in [-0.4, -0.2) is 18.6 Å². The monoisotopic (exact) mass is 317 g/mol. The van der Waals surface area contributed by atoms with Crippen LogP contribution in [0.4, 0.5) is 5.69 Å². The summed E-state index contributed by atoms with van der Waals surface area (Å²) in [6.07, 6.45) is -0.702. The van der Waals surface area contributed by atoms with Gasteiger partial charge in [-0.1, -0.05) is 29.8 Å². The SMILES string of the molecule is Cc1cc(C)c(NC(=O)[C@@H]2COc3ccccc3O2)c(Cl)c1. The Balaban J connectivity index is 1.77. The Bertz CT molecular complexity index is 707. The van der Waals surface area contributed by atoms with E-state index >= 15 is 0 Å². The molecule has 1 N–H and O–H groups in total. The van der Waals surface area contributed by atoms with Gasteiger partial charge in [-0.15, -0.1) is 0 Å². The number of carbonyl (C=O) groups is 1. The predicted octanol–water partition coefficient (Wildman–Crippen LogP) is 3.74. The number of fused-ring (bicyclic) bond motifs is 1. The van der Waals surface area contributed by atoms with E-state index in [4.69, 9.17) is 21.1 Å². The molecule has 0 radical (unpaired) electrons. The van der Waals surface area contributed by atoms with Gasteiger partial charge in [0.2, 0.25) is 6.10 Å². The molecule has 0 spiro atoms. The maximum absolute atomic E-state index is 12.4. The molecular weight excluding hydrogens is 302 g/mol. The molecule has 0 fully saturated rings. The van der Waals surface area contributed by atoms with Crippen molar-refractivity contribution in [3.63, 3.8) is 0 Å². The molecule has 0 aromatic heterocycles. The number of rotatable bonds is 2. The Kier molecular flexibility index (Phi) is 3.94. The zero-order valence-electron chi connectivity index (χ0n) is 12.4. The molecule has 0 unspecified atom stereocenters. The summed E-state index contributed by atoms with van der Waals surface area (Å²) in [5.74, 6) is 0.945. The molecule has 1 aliphatic heterocycles. The van der Waals surface area contributed by atoms with Crippen LogP contribution in [0, 0.1) is 13.8 Å². The Morgan fingerprint density at radius 2 is 1.95 bits per heavy atom. The van der Waals surface area contributed by atoms with Crippen LogP contribution in [0.1, 0.15) is 11.1 Å². The van der Waals surface area contributed by atoms with Crippen LogP contribution in [0.25, 0.3) is 0 Å². The summed E-state index contributed by atoms with van der Waals surface area (Å²) in [7, 11) is 0. The highest BCUT2D eigenvalue weighted by Gasteiger charge is 2.28. The number of nitrogens with one attached hydrogen (secondary N) is 1. The summed E-state index contributed by atoms with van der Waals surface area (Å²) in [6, 6.07) is 11.1. The number of amides is 1. The Labute approximate surface area is 134 Å². The average molecular weight is 318 g/mol. The van der Waals surface area contributed by atoms with Gasteiger partial charge in [0.1, 0.15) is 6.61 Å². The number of anilines is 1. The topological polar surface area (TPSA) is 47.6 Å². The molecule has 0 saturated carbocycles. The number of carbonyl (C=O) groups excluding carboxylic acids is 1. The number of aryl methyl sites for hydroxylation is 2. The Morgan fingerprint density at radius 1 is 1.23 bits per heavy atom. The van der Waals surface area contributed by atoms with Crippen molar-refractivity contribution in [2.45, 2.75) is 20.0 Å². The van der Waals surface area contributed by atoms with E-state index in [-0.39, 0.29) is 12.5 Å². The van der Waals surface area contributed by atoms with E-state index in [1.54, 1.807) is 6.07 Å². The lowest BCUT2D eigenvalue weighted by Crippen LogP contribution is -2.40. The number of para-hydroxylation sites is 2. The molecule has 1 heterocycles. The zero-order chi connectivity index (χ0) is 15.7. The Morgan fingerprint density at radius 3 is 2.68 bits per heavy atom. The van der Waals surface area contributed by atoms with Gasteiger partial charge in [0.25, 0.3) is 5.91 Å². The maximum Gasteiger partial charge on any atom is 0.269 e. The van der Waals surface area contributed by atoms with E-state index in [9.17, 15) is 4.79 Å². The van der Waals surface area contributed by atoms with Crippen molar-refractivity contribution in [3.05, 3.63) is 52.5 Å². The number of halogens is 1. The lowest BCUT2D eigenvalue weighted by molar-refractivity contribution is -0.125. The quantitative estimate of drug-likeness (QED) is 0.918. The molecule has 1 aliphatic rings. The lowest BCUT2D eigenvalue weighted by Gasteiger charge is -2.26. The molecule has 114 valence electrons. The first-order valence-corrected chi connectivity index (χ1v) is 7.38. The van der Waals surface area contributed by atoms with Crippen molar-refractivity contribution in [1.29, 1.82) is 0 Å². The molecule has 1 amide bonds. The van der Waals surface area contributed by atoms with Gasteiger partial charge in [0.05, 0.1) is 10.7 Å². The molecule has 0 aliphatic carbocycles. The van der Waals surface area contributed by atoms with Gasteiger partial charge in [-0.05, 0) is 43.2 Å². The van der Waals surface area contributed by atoms with Crippen molar-refractivity contribution in [1.82, 2.24) is 0 Å². The molecule has 1 atom stereocenters. The number of hydrogen-bond acceptors (Lipinski definition) is 3. The fourth-order valence-corrected chi connectivity index (χ4v) is 2.79. The van der Waals surface area contributed by atoms with Crippen LogP contribution in [0.5, 0.6) is 11.5 Å². The summed E-state index contributed by atoms with van der Waals surface area (Å²) in [6.45, 7) is 4.03. The van der Waals surface area contributed by atoms with Gasteiger partial charge in [-0.25, -0.2) is 0 Å². The molecule has 0 bridgehead atoms. The molecule has 4 nitrogen and oxygen atoms in total. The van der Waals surface area contributed by atoms with E-state index in [1.165, 1.54) is 0 Å². The largest absolute Gasteiger partial charge is 0.485 e. The second-order valence-electron chi connectivity index (χ2n) is 5.29. The zero-order valence-corrected chi connectivity index (χ0v) is 13.1. The molecule has 2 aromatic rings. The highest BCUT2D eigenvalue weighted by atomic mass is 35.5. The summed E-state index contributed by atoms with van der Waals surface area (Å²) in [5, 5.41) is 3.35. The molecule has 3 rings (SSSR count). The fourth-order valence-electron chi connectivity index (χ4n) is 2.43. The summed E-state index contributed by atoms with van der Waals surface area (Å²) < 4.78 is 11.2. The second kappa shape index (κ2) is 5.89. The van der Waals surface area contributed by atoms with Crippen molar-refractivity contribution in [3.8, 4) is 11.5 Å². The minimum Gasteiger partial charge on any atom is -0.485 e. The highest BCUT2D eigenvalue weighted by molar-refractivity contribution is 6.34. The van der Waals surface area contributed by atoms with E-state index in [0.29, 0.717) is 22.2 Å². The van der Waals surface area contributed by atoms with Crippen LogP contribution in [0.2, 0.25) is 5.02 Å². The molecule has 22 heavy (non-hydrogen) atoms. The highest BCUT2D eigenvalue weighted by Crippen LogP contribution is 2.32. The molecule has 0 saturated heterocycles. The molecular formula is C17H16ClNO3. The summed E-state index contributed by atoms with van der Waals surface area (Å²) in [5.41, 5.74) is 2.57. The first kappa shape index (κ1) is 14.7. The molecule has 2 aromatic carbocycles. The maximum atomic E-state index is 12.4. The van der Waals surface area contributed by atoms with Crippen LogP contribution < -0.4 is 14.8 Å². The van der Waals surface area contributed by atoms with Gasteiger partial charge >= 0.3 is 0 Å². The normalized spacial score (nSPS) is 16.2. The van der Waals surface area contributed by atoms with Crippen LogP contribution in [0.3, 0.4) is 0 Å². The van der Waals surface area contributed by atoms with Gasteiger partial charge in [-0.3, -0.25) is 4.79 Å². The van der Waals surface area contributed by atoms with Crippen molar-refractivity contribution < 1.29 is 14.3 Å². The summed E-state index contributed by atoms with van der Waals surface area (Å²) in [4.78, 5) is 12.4. The van der Waals surface area contributed by atoms with E-state index in [0.717, 1.165) is 11.1 Å². The number of hydrogen-bond donors (Lipinski definition) is 1. The third-order valence-corrected chi connectivity index (χ3v) is 3.78. The van der Waals surface area contributed by atoms with E-state index < -0.39 is 6.10 Å². The van der Waals surface area contributed by atoms with E-state index in [1.807, 2.05) is 44.2 Å². The first-order chi connectivity index (χ1) is 10.5. The third kappa shape index (κ3) is 2.88. The standard InChI is InChI=1S/C17H16ClNO3/c1-10-7-11(2)16(12(18)8-10)19-17(20)15-9-21-13-5-3-4-6-14(13)22-15/h3-8,15H,9H2,1-2H3,(H,19,20)/t15-/m0/s1. The summed E-state index contributed by atoms with van der Waals surface area (Å²) >= 11 is 6.21. The van der Waals surface area contributed by atoms with E-state index in [2.05, 4.69) is 5.32 Å². The van der Waals surface area contributed by atoms with Crippen LogP contribution >= 0.6 is 11.6 Å². The van der Waals surface area contributed by atoms with Crippen molar-refractivity contribution in [2.24, 2.45) is 0 Å². The predicted molar refractivity (Wildman–Crippen MR) is 85.9 cm³/mol. The smallest absolute Gasteiger partial charge is 0.269 e. The number of benzene rings is 2. The van der Waals surface area contributed by atoms with Gasteiger partial charge < -0.3 is 14.8 Å². The first-order valence-electron chi connectivity index (χ1n) is 7.00. The second-order valence-corrected chi connectivity index (χ2v) is 5.70. The fraction of sp³-hybridized carbons (Fsp3) is 0.235. The van der Waals surface area contributed by atoms with Crippen LogP contribution in [0.15, 0.2) is 36.4 Å². The van der Waals surface area contributed by atoms with Gasteiger partial charge in [0.15, 0.2) is 11.5 Å². The minimum atomic E-state index is -0.702. The number of ether oxygens (including phenoxy) is 2. The van der Waals surface area contributed by atoms with Crippen LogP contribution in [-0.2, 0) is 4.79 Å². The third-order valence-electron chi connectivity index (χ3n) is 3.48.